The second kappa shape index (κ2) is 4.09. The third-order valence-electron chi connectivity index (χ3n) is 2.26. The molecule has 13 heavy (non-hydrogen) atoms. The molecular weight excluding hydrogens is 250 g/mol. The van der Waals surface area contributed by atoms with Crippen LogP contribution < -0.4 is 5.73 Å². The second-order valence-corrected chi connectivity index (χ2v) is 6.04. The van der Waals surface area contributed by atoms with Crippen LogP contribution in [-0.2, 0) is 5.41 Å². The average Bonchev–Trinajstić information content (AvgIpc) is 2.50. The van der Waals surface area contributed by atoms with Gasteiger partial charge in [0.1, 0.15) is 0 Å². The number of hydrogen-bond donors (Lipinski definition) is 2. The fourth-order valence-corrected chi connectivity index (χ4v) is 2.66. The molecule has 0 saturated carbocycles. The number of thiophene rings is 1. The Morgan fingerprint density at radius 1 is 1.62 bits per heavy atom. The highest BCUT2D eigenvalue weighted by molar-refractivity contribution is 9.11. The summed E-state index contributed by atoms with van der Waals surface area (Å²) in [6.45, 7) is 4.30. The summed E-state index contributed by atoms with van der Waals surface area (Å²) < 4.78 is 1.08. The Balaban J connectivity index is 2.92. The first-order chi connectivity index (χ1) is 5.98. The third-order valence-corrected chi connectivity index (χ3v) is 4.23. The SMILES string of the molecule is CC(C)(c1ccc(Br)s1)C(O)CN. The minimum Gasteiger partial charge on any atom is -0.391 e. The van der Waals surface area contributed by atoms with E-state index in [2.05, 4.69) is 15.9 Å². The van der Waals surface area contributed by atoms with E-state index >= 15 is 0 Å². The highest BCUT2D eigenvalue weighted by Gasteiger charge is 2.30. The number of nitrogens with two attached hydrogens (primary N) is 1. The largest absolute Gasteiger partial charge is 0.391 e. The van der Waals surface area contributed by atoms with E-state index in [1.54, 1.807) is 11.3 Å². The Bertz CT molecular complexity index is 285. The molecule has 1 heterocycles. The molecule has 0 fully saturated rings. The molecule has 3 N–H and O–H groups in total. The molecule has 0 aliphatic heterocycles. The van der Waals surface area contributed by atoms with Crippen LogP contribution in [0.5, 0.6) is 0 Å². The highest BCUT2D eigenvalue weighted by Crippen LogP contribution is 2.34. The van der Waals surface area contributed by atoms with Gasteiger partial charge in [-0.05, 0) is 28.1 Å². The van der Waals surface area contributed by atoms with Crippen LogP contribution in [0.4, 0.5) is 0 Å². The summed E-state index contributed by atoms with van der Waals surface area (Å²) in [7, 11) is 0. The van der Waals surface area contributed by atoms with Crippen molar-refractivity contribution in [2.24, 2.45) is 5.73 Å². The van der Waals surface area contributed by atoms with Gasteiger partial charge in [0.2, 0.25) is 0 Å². The van der Waals surface area contributed by atoms with Crippen LogP contribution in [0, 0.1) is 0 Å². The quantitative estimate of drug-likeness (QED) is 0.878. The number of rotatable bonds is 3. The van der Waals surface area contributed by atoms with E-state index in [1.165, 1.54) is 0 Å². The van der Waals surface area contributed by atoms with E-state index < -0.39 is 6.10 Å². The monoisotopic (exact) mass is 263 g/mol. The number of aliphatic hydroxyl groups is 1. The first-order valence-electron chi connectivity index (χ1n) is 4.12. The van der Waals surface area contributed by atoms with Gasteiger partial charge in [-0.1, -0.05) is 13.8 Å². The van der Waals surface area contributed by atoms with E-state index in [1.807, 2.05) is 26.0 Å². The molecule has 0 aliphatic carbocycles. The lowest BCUT2D eigenvalue weighted by Gasteiger charge is -2.28. The summed E-state index contributed by atoms with van der Waals surface area (Å²) in [6.07, 6.45) is -0.488. The van der Waals surface area contributed by atoms with Crippen molar-refractivity contribution >= 4 is 27.3 Å². The van der Waals surface area contributed by atoms with E-state index in [4.69, 9.17) is 5.73 Å². The zero-order valence-corrected chi connectivity index (χ0v) is 10.2. The smallest absolute Gasteiger partial charge is 0.0761 e. The normalized spacial score (nSPS) is 14.5. The van der Waals surface area contributed by atoms with Gasteiger partial charge in [-0.2, -0.15) is 0 Å². The van der Waals surface area contributed by atoms with Crippen molar-refractivity contribution in [3.63, 3.8) is 0 Å². The molecule has 0 radical (unpaired) electrons. The summed E-state index contributed by atoms with van der Waals surface area (Å²) >= 11 is 5.04. The summed E-state index contributed by atoms with van der Waals surface area (Å²) in [5.74, 6) is 0. The van der Waals surface area contributed by atoms with Gasteiger partial charge < -0.3 is 10.8 Å². The number of aliphatic hydroxyl groups excluding tert-OH is 1. The van der Waals surface area contributed by atoms with Gasteiger partial charge in [-0.25, -0.2) is 0 Å². The Hall–Kier alpha value is 0.1000. The molecule has 74 valence electrons. The van der Waals surface area contributed by atoms with Crippen molar-refractivity contribution < 1.29 is 5.11 Å². The van der Waals surface area contributed by atoms with Crippen LogP contribution in [0.1, 0.15) is 18.7 Å². The van der Waals surface area contributed by atoms with Crippen LogP contribution in [0.2, 0.25) is 0 Å². The molecule has 1 unspecified atom stereocenters. The predicted octanol–water partition coefficient (Wildman–Crippen LogP) is 2.11. The van der Waals surface area contributed by atoms with Crippen molar-refractivity contribution in [1.29, 1.82) is 0 Å². The fourth-order valence-electron chi connectivity index (χ4n) is 1.12. The van der Waals surface area contributed by atoms with Crippen LogP contribution in [-0.4, -0.2) is 17.8 Å². The molecule has 0 spiro atoms. The van der Waals surface area contributed by atoms with Crippen molar-refractivity contribution in [3.05, 3.63) is 20.8 Å². The summed E-state index contributed by atoms with van der Waals surface area (Å²) in [4.78, 5) is 1.15. The van der Waals surface area contributed by atoms with Gasteiger partial charge in [0.25, 0.3) is 0 Å². The summed E-state index contributed by atoms with van der Waals surface area (Å²) in [5.41, 5.74) is 5.19. The van der Waals surface area contributed by atoms with Crippen molar-refractivity contribution in [1.82, 2.24) is 0 Å². The van der Waals surface area contributed by atoms with Crippen molar-refractivity contribution in [2.75, 3.05) is 6.54 Å². The highest BCUT2D eigenvalue weighted by atomic mass is 79.9. The van der Waals surface area contributed by atoms with Gasteiger partial charge in [-0.15, -0.1) is 11.3 Å². The van der Waals surface area contributed by atoms with Gasteiger partial charge >= 0.3 is 0 Å². The lowest BCUT2D eigenvalue weighted by atomic mass is 9.85. The average molecular weight is 264 g/mol. The first kappa shape index (κ1) is 11.2. The molecule has 1 aromatic heterocycles. The molecule has 0 aromatic carbocycles. The Kier molecular flexibility index (Phi) is 3.51. The van der Waals surface area contributed by atoms with Crippen LogP contribution in [0.3, 0.4) is 0 Å². The second-order valence-electron chi connectivity index (χ2n) is 3.58. The van der Waals surface area contributed by atoms with Crippen molar-refractivity contribution in [2.45, 2.75) is 25.4 Å². The molecule has 0 saturated heterocycles. The van der Waals surface area contributed by atoms with E-state index in [0.29, 0.717) is 6.54 Å². The summed E-state index contributed by atoms with van der Waals surface area (Å²) in [5, 5.41) is 9.71. The van der Waals surface area contributed by atoms with Crippen LogP contribution in [0.25, 0.3) is 0 Å². The lowest BCUT2D eigenvalue weighted by Crippen LogP contribution is -2.38. The van der Waals surface area contributed by atoms with Gasteiger partial charge in [-0.3, -0.25) is 0 Å². The van der Waals surface area contributed by atoms with E-state index in [9.17, 15) is 5.11 Å². The zero-order chi connectivity index (χ0) is 10.1. The molecule has 1 rings (SSSR count). The molecule has 1 atom stereocenters. The standard InChI is InChI=1S/C9H14BrNOS/c1-9(2,6(12)5-11)7-3-4-8(10)13-7/h3-4,6,12H,5,11H2,1-2H3. The molecule has 0 aliphatic rings. The van der Waals surface area contributed by atoms with Crippen LogP contribution >= 0.6 is 27.3 Å². The minimum atomic E-state index is -0.488. The Morgan fingerprint density at radius 3 is 2.62 bits per heavy atom. The summed E-state index contributed by atoms with van der Waals surface area (Å²) in [6, 6.07) is 4.01. The Morgan fingerprint density at radius 2 is 2.23 bits per heavy atom. The lowest BCUT2D eigenvalue weighted by molar-refractivity contribution is 0.110. The topological polar surface area (TPSA) is 46.2 Å². The molecule has 2 nitrogen and oxygen atoms in total. The first-order valence-corrected chi connectivity index (χ1v) is 5.73. The fraction of sp³-hybridized carbons (Fsp3) is 0.556. The molecule has 0 bridgehead atoms. The molecule has 1 aromatic rings. The predicted molar refractivity (Wildman–Crippen MR) is 60.1 cm³/mol. The third kappa shape index (κ3) is 2.31. The minimum absolute atomic E-state index is 0.258. The van der Waals surface area contributed by atoms with Crippen LogP contribution in [0.15, 0.2) is 15.9 Å². The maximum absolute atomic E-state index is 9.71. The maximum atomic E-state index is 9.71. The number of halogens is 1. The van der Waals surface area contributed by atoms with Gasteiger partial charge in [0.05, 0.1) is 9.89 Å². The molecule has 0 amide bonds. The van der Waals surface area contributed by atoms with Gasteiger partial charge in [0.15, 0.2) is 0 Å². The number of hydrogen-bond acceptors (Lipinski definition) is 3. The van der Waals surface area contributed by atoms with E-state index in [-0.39, 0.29) is 5.41 Å². The zero-order valence-electron chi connectivity index (χ0n) is 7.75. The Labute approximate surface area is 90.9 Å². The van der Waals surface area contributed by atoms with E-state index in [0.717, 1.165) is 8.66 Å². The van der Waals surface area contributed by atoms with Gasteiger partial charge in [0, 0.05) is 16.8 Å². The molecule has 4 heteroatoms. The van der Waals surface area contributed by atoms with Crippen molar-refractivity contribution in [3.8, 4) is 0 Å². The maximum Gasteiger partial charge on any atom is 0.0761 e. The molecular formula is C9H14BrNOS.